The quantitative estimate of drug-likeness (QED) is 0.581. The first-order valence-corrected chi connectivity index (χ1v) is 3.26. The van der Waals surface area contributed by atoms with Crippen molar-refractivity contribution in [1.82, 2.24) is 0 Å². The third-order valence-corrected chi connectivity index (χ3v) is 1.64. The van der Waals surface area contributed by atoms with Crippen molar-refractivity contribution in [1.29, 1.82) is 0 Å². The number of aliphatic hydroxyl groups is 1. The van der Waals surface area contributed by atoms with Crippen LogP contribution in [0.25, 0.3) is 0 Å². The summed E-state index contributed by atoms with van der Waals surface area (Å²) in [4.78, 5) is 0. The third-order valence-electron chi connectivity index (χ3n) is 1.64. The van der Waals surface area contributed by atoms with E-state index in [2.05, 4.69) is 0 Å². The molecule has 52 valence electrons. The Morgan fingerprint density at radius 1 is 1.78 bits per heavy atom. The van der Waals surface area contributed by atoms with Crippen molar-refractivity contribution in [2.75, 3.05) is 7.11 Å². The molecule has 0 aliphatic heterocycles. The Bertz CT molecular complexity index is 118. The van der Waals surface area contributed by atoms with Gasteiger partial charge in [0.25, 0.3) is 0 Å². The van der Waals surface area contributed by atoms with Crippen LogP contribution < -0.4 is 0 Å². The summed E-state index contributed by atoms with van der Waals surface area (Å²) in [5, 5.41) is 9.11. The first-order valence-electron chi connectivity index (χ1n) is 3.26. The van der Waals surface area contributed by atoms with Gasteiger partial charge in [-0.05, 0) is 25.3 Å². The largest absolute Gasteiger partial charge is 0.510 e. The van der Waals surface area contributed by atoms with E-state index in [1.54, 1.807) is 7.11 Å². The van der Waals surface area contributed by atoms with E-state index in [9.17, 15) is 0 Å². The number of ether oxygens (including phenoxy) is 1. The van der Waals surface area contributed by atoms with Crippen LogP contribution in [0.3, 0.4) is 0 Å². The Labute approximate surface area is 55.1 Å². The van der Waals surface area contributed by atoms with Crippen molar-refractivity contribution in [3.63, 3.8) is 0 Å². The molecule has 1 aliphatic carbocycles. The van der Waals surface area contributed by atoms with Gasteiger partial charge in [-0.25, -0.2) is 0 Å². The molecule has 1 rings (SSSR count). The molecule has 0 amide bonds. The van der Waals surface area contributed by atoms with Gasteiger partial charge in [0.15, 0.2) is 0 Å². The van der Waals surface area contributed by atoms with Gasteiger partial charge >= 0.3 is 0 Å². The Kier molecular flexibility index (Phi) is 2.11. The molecule has 0 radical (unpaired) electrons. The summed E-state index contributed by atoms with van der Waals surface area (Å²) in [6.07, 6.45) is 4.88. The summed E-state index contributed by atoms with van der Waals surface area (Å²) in [6, 6.07) is 0. The Balaban J connectivity index is 2.50. The van der Waals surface area contributed by atoms with Crippen LogP contribution >= 0.6 is 0 Å². The maximum atomic E-state index is 9.11. The fourth-order valence-corrected chi connectivity index (χ4v) is 1.07. The van der Waals surface area contributed by atoms with Crippen LogP contribution in [-0.4, -0.2) is 18.3 Å². The Hall–Kier alpha value is -0.500. The van der Waals surface area contributed by atoms with Gasteiger partial charge < -0.3 is 9.84 Å². The fourth-order valence-electron chi connectivity index (χ4n) is 1.07. The topological polar surface area (TPSA) is 29.5 Å². The molecule has 1 aliphatic rings. The average Bonchev–Trinajstić information content (AvgIpc) is 1.89. The third kappa shape index (κ3) is 1.45. The molecule has 0 heterocycles. The minimum atomic E-state index is -0.0289. The van der Waals surface area contributed by atoms with Gasteiger partial charge in [-0.1, -0.05) is 0 Å². The smallest absolute Gasteiger partial charge is 0.117 e. The molecule has 0 aromatic heterocycles. The first-order chi connectivity index (χ1) is 4.34. The Morgan fingerprint density at radius 3 is 3.00 bits per heavy atom. The lowest BCUT2D eigenvalue weighted by atomic mass is 10.0. The number of rotatable bonds is 1. The minimum absolute atomic E-state index is 0.0289. The zero-order chi connectivity index (χ0) is 6.69. The molecule has 1 atom stereocenters. The number of allylic oxidation sites excluding steroid dienone is 1. The zero-order valence-corrected chi connectivity index (χ0v) is 5.63. The highest BCUT2D eigenvalue weighted by Crippen LogP contribution is 2.17. The summed E-state index contributed by atoms with van der Waals surface area (Å²) >= 11 is 0. The molecule has 0 saturated heterocycles. The van der Waals surface area contributed by atoms with E-state index in [0.29, 0.717) is 5.76 Å². The molecule has 9 heavy (non-hydrogen) atoms. The van der Waals surface area contributed by atoms with E-state index in [1.165, 1.54) is 0 Å². The number of aliphatic hydroxyl groups excluding tert-OH is 1. The zero-order valence-electron chi connectivity index (χ0n) is 5.63. The Morgan fingerprint density at radius 2 is 2.56 bits per heavy atom. The van der Waals surface area contributed by atoms with Gasteiger partial charge in [0.2, 0.25) is 0 Å². The molecule has 0 aromatic rings. The SMILES string of the molecule is COC1CCCC=C1O. The second-order valence-corrected chi connectivity index (χ2v) is 2.28. The van der Waals surface area contributed by atoms with Crippen molar-refractivity contribution < 1.29 is 9.84 Å². The molecular formula is C7H12O2. The van der Waals surface area contributed by atoms with Gasteiger partial charge in [-0.2, -0.15) is 0 Å². The summed E-state index contributed by atoms with van der Waals surface area (Å²) < 4.78 is 4.99. The molecule has 0 spiro atoms. The normalized spacial score (nSPS) is 27.7. The summed E-state index contributed by atoms with van der Waals surface area (Å²) in [5.74, 6) is 0.406. The van der Waals surface area contributed by atoms with Crippen LogP contribution in [0.2, 0.25) is 0 Å². The lowest BCUT2D eigenvalue weighted by molar-refractivity contribution is 0.0795. The molecule has 2 nitrogen and oxygen atoms in total. The van der Waals surface area contributed by atoms with E-state index in [-0.39, 0.29) is 6.10 Å². The molecule has 0 fully saturated rings. The standard InChI is InChI=1S/C7H12O2/c1-9-7-5-3-2-4-6(7)8/h4,7-8H,2-3,5H2,1H3. The number of hydrogen-bond acceptors (Lipinski definition) is 2. The molecule has 0 bridgehead atoms. The molecule has 1 N–H and O–H groups in total. The van der Waals surface area contributed by atoms with Crippen LogP contribution in [0, 0.1) is 0 Å². The average molecular weight is 128 g/mol. The monoisotopic (exact) mass is 128 g/mol. The van der Waals surface area contributed by atoms with Crippen LogP contribution in [0.4, 0.5) is 0 Å². The summed E-state index contributed by atoms with van der Waals surface area (Å²) in [7, 11) is 1.63. The van der Waals surface area contributed by atoms with Crippen LogP contribution in [0.1, 0.15) is 19.3 Å². The van der Waals surface area contributed by atoms with E-state index in [1.807, 2.05) is 6.08 Å². The lowest BCUT2D eigenvalue weighted by Crippen LogP contribution is -2.16. The van der Waals surface area contributed by atoms with Gasteiger partial charge in [0.05, 0.1) is 0 Å². The summed E-state index contributed by atoms with van der Waals surface area (Å²) in [5.41, 5.74) is 0. The second-order valence-electron chi connectivity index (χ2n) is 2.28. The van der Waals surface area contributed by atoms with E-state index < -0.39 is 0 Å². The number of methoxy groups -OCH3 is 1. The van der Waals surface area contributed by atoms with Gasteiger partial charge in [-0.3, -0.25) is 0 Å². The van der Waals surface area contributed by atoms with Crippen molar-refractivity contribution in [2.24, 2.45) is 0 Å². The van der Waals surface area contributed by atoms with Gasteiger partial charge in [0, 0.05) is 7.11 Å². The van der Waals surface area contributed by atoms with Crippen molar-refractivity contribution in [2.45, 2.75) is 25.4 Å². The molecule has 0 aromatic carbocycles. The summed E-state index contributed by atoms with van der Waals surface area (Å²) in [6.45, 7) is 0. The van der Waals surface area contributed by atoms with Crippen molar-refractivity contribution in [3.05, 3.63) is 11.8 Å². The van der Waals surface area contributed by atoms with Crippen LogP contribution in [-0.2, 0) is 4.74 Å². The van der Waals surface area contributed by atoms with E-state index in [0.717, 1.165) is 19.3 Å². The lowest BCUT2D eigenvalue weighted by Gasteiger charge is -2.17. The second kappa shape index (κ2) is 2.87. The van der Waals surface area contributed by atoms with E-state index >= 15 is 0 Å². The van der Waals surface area contributed by atoms with Gasteiger partial charge in [-0.15, -0.1) is 0 Å². The predicted octanol–water partition coefficient (Wildman–Crippen LogP) is 1.63. The fraction of sp³-hybridized carbons (Fsp3) is 0.714. The van der Waals surface area contributed by atoms with Crippen molar-refractivity contribution >= 4 is 0 Å². The van der Waals surface area contributed by atoms with Crippen LogP contribution in [0.5, 0.6) is 0 Å². The molecular weight excluding hydrogens is 116 g/mol. The first kappa shape index (κ1) is 6.62. The molecule has 1 unspecified atom stereocenters. The highest BCUT2D eigenvalue weighted by atomic mass is 16.5. The molecule has 0 saturated carbocycles. The predicted molar refractivity (Wildman–Crippen MR) is 35.4 cm³/mol. The number of hydrogen-bond donors (Lipinski definition) is 1. The highest BCUT2D eigenvalue weighted by Gasteiger charge is 2.14. The van der Waals surface area contributed by atoms with Crippen molar-refractivity contribution in [3.8, 4) is 0 Å². The minimum Gasteiger partial charge on any atom is -0.510 e. The van der Waals surface area contributed by atoms with Gasteiger partial charge in [0.1, 0.15) is 11.9 Å². The highest BCUT2D eigenvalue weighted by molar-refractivity contribution is 5.01. The van der Waals surface area contributed by atoms with Crippen LogP contribution in [0.15, 0.2) is 11.8 Å². The van der Waals surface area contributed by atoms with E-state index in [4.69, 9.17) is 9.84 Å². The maximum Gasteiger partial charge on any atom is 0.117 e. The maximum absolute atomic E-state index is 9.11. The molecule has 2 heteroatoms.